The summed E-state index contributed by atoms with van der Waals surface area (Å²) in [7, 11) is 0. The highest BCUT2D eigenvalue weighted by Gasteiger charge is 2.27. The first-order chi connectivity index (χ1) is 24.7. The number of anilines is 1. The summed E-state index contributed by atoms with van der Waals surface area (Å²) in [5, 5.41) is 6.67. The summed E-state index contributed by atoms with van der Waals surface area (Å²) in [6.45, 7) is 4.91. The number of benzene rings is 3. The second-order valence-electron chi connectivity index (χ2n) is 13.1. The van der Waals surface area contributed by atoms with Gasteiger partial charge in [0.2, 0.25) is 11.8 Å². The fourth-order valence-electron chi connectivity index (χ4n) is 5.73. The van der Waals surface area contributed by atoms with E-state index in [-0.39, 0.29) is 42.6 Å². The quantitative estimate of drug-likeness (QED) is 0.0567. The highest BCUT2D eigenvalue weighted by molar-refractivity contribution is 7.20. The standard InChI is InChI=1S/C40H47N3O7S/c1-3-27(2)26-49-43-39(46)36-25-30-24-31(17-20-35(30)51-36)41-38(45)23-29-15-18-32(19-16-29)48-21-9-14-37(44)42-34(22-28-10-5-4-6-11-28)40(47)50-33-12-7-8-13-33/h4-6,10-11,15-20,24-25,27,33-34H,3,7-9,12-14,21-23,26H2,1-2H3,(H,41,45)(H,42,44)(H,43,46)/t27-,34-/m0/s1. The largest absolute Gasteiger partial charge is 0.494 e. The van der Waals surface area contributed by atoms with Crippen LogP contribution in [0.1, 0.15) is 79.6 Å². The molecule has 1 fully saturated rings. The number of carbonyl (C=O) groups is 4. The van der Waals surface area contributed by atoms with Gasteiger partial charge >= 0.3 is 5.97 Å². The Hall–Kier alpha value is -4.74. The van der Waals surface area contributed by atoms with E-state index in [9.17, 15) is 19.2 Å². The zero-order valence-corrected chi connectivity index (χ0v) is 30.1. The molecule has 1 saturated carbocycles. The lowest BCUT2D eigenvalue weighted by Crippen LogP contribution is -2.44. The number of amides is 3. The molecule has 11 heteroatoms. The summed E-state index contributed by atoms with van der Waals surface area (Å²) >= 11 is 1.36. The third kappa shape index (κ3) is 11.9. The molecule has 3 amide bonds. The molecule has 0 radical (unpaired) electrons. The topological polar surface area (TPSA) is 132 Å². The summed E-state index contributed by atoms with van der Waals surface area (Å²) in [5.41, 5.74) is 4.93. The molecule has 0 unspecified atom stereocenters. The molecule has 0 aliphatic heterocycles. The molecule has 1 aliphatic carbocycles. The normalized spacial score (nSPS) is 14.1. The van der Waals surface area contributed by atoms with Gasteiger partial charge in [-0.05, 0) is 90.9 Å². The van der Waals surface area contributed by atoms with Crippen molar-refractivity contribution < 1.29 is 33.5 Å². The van der Waals surface area contributed by atoms with Gasteiger partial charge in [-0.2, -0.15) is 0 Å². The van der Waals surface area contributed by atoms with Gasteiger partial charge in [-0.3, -0.25) is 19.2 Å². The fourth-order valence-corrected chi connectivity index (χ4v) is 6.66. The molecular weight excluding hydrogens is 667 g/mol. The lowest BCUT2D eigenvalue weighted by molar-refractivity contribution is -0.152. The summed E-state index contributed by atoms with van der Waals surface area (Å²) in [4.78, 5) is 56.9. The van der Waals surface area contributed by atoms with E-state index in [0.717, 1.165) is 53.3 Å². The number of fused-ring (bicyclic) bond motifs is 1. The number of nitrogens with one attached hydrogen (secondary N) is 3. The van der Waals surface area contributed by atoms with E-state index < -0.39 is 6.04 Å². The molecule has 2 atom stereocenters. The van der Waals surface area contributed by atoms with Crippen molar-refractivity contribution in [3.8, 4) is 5.75 Å². The van der Waals surface area contributed by atoms with E-state index in [4.69, 9.17) is 14.3 Å². The molecule has 0 bridgehead atoms. The summed E-state index contributed by atoms with van der Waals surface area (Å²) in [5.74, 6) is -0.0770. The van der Waals surface area contributed by atoms with Crippen LogP contribution in [-0.2, 0) is 36.8 Å². The Morgan fingerprint density at radius 2 is 1.67 bits per heavy atom. The minimum absolute atomic E-state index is 0.0700. The van der Waals surface area contributed by atoms with Crippen LogP contribution >= 0.6 is 11.3 Å². The first-order valence-electron chi connectivity index (χ1n) is 17.8. The van der Waals surface area contributed by atoms with E-state index in [2.05, 4.69) is 30.0 Å². The van der Waals surface area contributed by atoms with E-state index >= 15 is 0 Å². The Morgan fingerprint density at radius 1 is 0.902 bits per heavy atom. The fraction of sp³-hybridized carbons (Fsp3) is 0.400. The van der Waals surface area contributed by atoms with Gasteiger partial charge < -0.3 is 20.1 Å². The van der Waals surface area contributed by atoms with Gasteiger partial charge in [-0.25, -0.2) is 10.3 Å². The molecule has 1 aromatic heterocycles. The number of esters is 1. The second kappa shape index (κ2) is 19.0. The van der Waals surface area contributed by atoms with Crippen molar-refractivity contribution in [3.05, 3.63) is 94.9 Å². The molecule has 1 aliphatic rings. The predicted octanol–water partition coefficient (Wildman–Crippen LogP) is 7.16. The van der Waals surface area contributed by atoms with Gasteiger partial charge in [0.1, 0.15) is 17.9 Å². The molecule has 4 aromatic rings. The highest BCUT2D eigenvalue weighted by Crippen LogP contribution is 2.28. The van der Waals surface area contributed by atoms with Gasteiger partial charge in [0.25, 0.3) is 5.91 Å². The zero-order chi connectivity index (χ0) is 36.0. The van der Waals surface area contributed by atoms with Gasteiger partial charge in [0.05, 0.1) is 24.5 Å². The van der Waals surface area contributed by atoms with Crippen LogP contribution in [0.25, 0.3) is 10.1 Å². The van der Waals surface area contributed by atoms with Crippen molar-refractivity contribution in [2.75, 3.05) is 18.5 Å². The Morgan fingerprint density at radius 3 is 2.41 bits per heavy atom. The molecule has 0 spiro atoms. The molecule has 270 valence electrons. The smallest absolute Gasteiger partial charge is 0.329 e. The van der Waals surface area contributed by atoms with Crippen LogP contribution in [0.5, 0.6) is 5.75 Å². The lowest BCUT2D eigenvalue weighted by atomic mass is 10.1. The van der Waals surface area contributed by atoms with E-state index in [0.29, 0.717) is 48.3 Å². The Bertz CT molecular complexity index is 1750. The van der Waals surface area contributed by atoms with Crippen molar-refractivity contribution >= 4 is 50.8 Å². The average Bonchev–Trinajstić information content (AvgIpc) is 3.81. The first kappa shape index (κ1) is 37.5. The monoisotopic (exact) mass is 713 g/mol. The molecule has 3 N–H and O–H groups in total. The molecule has 0 saturated heterocycles. The maximum absolute atomic E-state index is 13.0. The molecule has 51 heavy (non-hydrogen) atoms. The lowest BCUT2D eigenvalue weighted by Gasteiger charge is -2.20. The number of hydroxylamine groups is 1. The van der Waals surface area contributed by atoms with E-state index in [1.807, 2.05) is 60.7 Å². The predicted molar refractivity (Wildman–Crippen MR) is 199 cm³/mol. The summed E-state index contributed by atoms with van der Waals surface area (Å²) in [6, 6.07) is 23.5. The van der Waals surface area contributed by atoms with Crippen molar-refractivity contribution in [1.82, 2.24) is 10.8 Å². The van der Waals surface area contributed by atoms with Crippen LogP contribution in [0.2, 0.25) is 0 Å². The van der Waals surface area contributed by atoms with E-state index in [1.54, 1.807) is 18.2 Å². The van der Waals surface area contributed by atoms with Crippen molar-refractivity contribution in [2.45, 2.75) is 83.8 Å². The van der Waals surface area contributed by atoms with Crippen LogP contribution in [0.3, 0.4) is 0 Å². The van der Waals surface area contributed by atoms with Crippen LogP contribution in [-0.4, -0.2) is 49.1 Å². The van der Waals surface area contributed by atoms with Gasteiger partial charge in [0, 0.05) is 23.2 Å². The maximum atomic E-state index is 13.0. The van der Waals surface area contributed by atoms with Gasteiger partial charge in [0.15, 0.2) is 0 Å². The van der Waals surface area contributed by atoms with Crippen LogP contribution in [0.15, 0.2) is 78.9 Å². The average molecular weight is 714 g/mol. The number of hydrogen-bond donors (Lipinski definition) is 3. The van der Waals surface area contributed by atoms with Gasteiger partial charge in [-0.1, -0.05) is 62.7 Å². The minimum Gasteiger partial charge on any atom is -0.494 e. The van der Waals surface area contributed by atoms with Crippen LogP contribution in [0, 0.1) is 5.92 Å². The summed E-state index contributed by atoms with van der Waals surface area (Å²) in [6.07, 6.45) is 5.98. The van der Waals surface area contributed by atoms with Crippen LogP contribution in [0.4, 0.5) is 5.69 Å². The third-order valence-electron chi connectivity index (χ3n) is 8.85. The number of ether oxygens (including phenoxy) is 2. The number of carbonyl (C=O) groups excluding carboxylic acids is 4. The maximum Gasteiger partial charge on any atom is 0.329 e. The number of rotatable bonds is 18. The minimum atomic E-state index is -0.740. The van der Waals surface area contributed by atoms with Crippen LogP contribution < -0.4 is 20.9 Å². The molecule has 5 rings (SSSR count). The number of hydrogen-bond acceptors (Lipinski definition) is 8. The molecule has 1 heterocycles. The Kier molecular flexibility index (Phi) is 14.0. The highest BCUT2D eigenvalue weighted by atomic mass is 32.1. The zero-order valence-electron chi connectivity index (χ0n) is 29.3. The number of thiophene rings is 1. The Balaban J connectivity index is 1.03. The molecular formula is C40H47N3O7S. The van der Waals surface area contributed by atoms with E-state index in [1.165, 1.54) is 11.3 Å². The molecule has 10 nitrogen and oxygen atoms in total. The van der Waals surface area contributed by atoms with Crippen molar-refractivity contribution in [2.24, 2.45) is 5.92 Å². The third-order valence-corrected chi connectivity index (χ3v) is 9.96. The molecule has 3 aromatic carbocycles. The Labute approximate surface area is 303 Å². The van der Waals surface area contributed by atoms with Crippen molar-refractivity contribution in [1.29, 1.82) is 0 Å². The second-order valence-corrected chi connectivity index (χ2v) is 14.2. The first-order valence-corrected chi connectivity index (χ1v) is 18.6. The van der Waals surface area contributed by atoms with Crippen molar-refractivity contribution in [3.63, 3.8) is 0 Å². The SMILES string of the molecule is CC[C@H](C)CONC(=O)c1cc2cc(NC(=O)Cc3ccc(OCCCC(=O)N[C@@H](Cc4ccccc4)C(=O)OC4CCCC4)cc3)ccc2s1. The van der Waals surface area contributed by atoms with Gasteiger partial charge in [-0.15, -0.1) is 11.3 Å². The summed E-state index contributed by atoms with van der Waals surface area (Å²) < 4.78 is 12.5.